The number of ether oxygens (including phenoxy) is 1. The molecular weight excluding hydrogens is 452 g/mol. The van der Waals surface area contributed by atoms with Gasteiger partial charge in [0, 0.05) is 18.5 Å². The Hall–Kier alpha value is -3.31. The van der Waals surface area contributed by atoms with E-state index < -0.39 is 21.5 Å². The minimum Gasteiger partial charge on any atom is -0.497 e. The van der Waals surface area contributed by atoms with Gasteiger partial charge in [0.15, 0.2) is 9.84 Å². The van der Waals surface area contributed by atoms with Gasteiger partial charge in [0.25, 0.3) is 5.91 Å². The minimum absolute atomic E-state index is 0.0861. The summed E-state index contributed by atoms with van der Waals surface area (Å²) in [6.07, 6.45) is 0.408. The molecule has 0 aliphatic rings. The van der Waals surface area contributed by atoms with Crippen molar-refractivity contribution in [2.24, 2.45) is 0 Å². The largest absolute Gasteiger partial charge is 0.497 e. The van der Waals surface area contributed by atoms with Crippen molar-refractivity contribution in [1.29, 1.82) is 0 Å². The van der Waals surface area contributed by atoms with E-state index in [0.717, 1.165) is 16.9 Å². The van der Waals surface area contributed by atoms with Gasteiger partial charge in [-0.15, -0.1) is 10.2 Å². The fourth-order valence-corrected chi connectivity index (χ4v) is 4.60. The SMILES string of the molecule is COc1cccc(C(=O)NCCc2nnc(NC(=O)CS(=O)(=O)c3ccc(C)cc3)s2)c1. The van der Waals surface area contributed by atoms with E-state index in [1.807, 2.05) is 6.92 Å². The number of sulfone groups is 1. The first-order chi connectivity index (χ1) is 15.3. The molecule has 32 heavy (non-hydrogen) atoms. The van der Waals surface area contributed by atoms with Crippen molar-refractivity contribution in [3.8, 4) is 5.75 Å². The Balaban J connectivity index is 1.49. The number of nitrogens with one attached hydrogen (secondary N) is 2. The molecular formula is C21H22N4O5S2. The maximum atomic E-state index is 12.4. The van der Waals surface area contributed by atoms with E-state index >= 15 is 0 Å². The van der Waals surface area contributed by atoms with Gasteiger partial charge in [-0.3, -0.25) is 14.9 Å². The number of aryl methyl sites for hydroxylation is 1. The van der Waals surface area contributed by atoms with E-state index in [4.69, 9.17) is 4.74 Å². The fraction of sp³-hybridized carbons (Fsp3) is 0.238. The second-order valence-corrected chi connectivity index (χ2v) is 9.91. The summed E-state index contributed by atoms with van der Waals surface area (Å²) in [6.45, 7) is 2.17. The molecule has 11 heteroatoms. The summed E-state index contributed by atoms with van der Waals surface area (Å²) in [5.74, 6) is -1.05. The van der Waals surface area contributed by atoms with Crippen molar-refractivity contribution < 1.29 is 22.7 Å². The average molecular weight is 475 g/mol. The Morgan fingerprint density at radius 2 is 1.84 bits per heavy atom. The van der Waals surface area contributed by atoms with E-state index in [1.54, 1.807) is 36.4 Å². The molecule has 0 aliphatic heterocycles. The number of hydrogen-bond acceptors (Lipinski definition) is 8. The molecule has 1 aromatic heterocycles. The van der Waals surface area contributed by atoms with E-state index in [-0.39, 0.29) is 15.9 Å². The molecule has 2 N–H and O–H groups in total. The van der Waals surface area contributed by atoms with Crippen molar-refractivity contribution in [3.05, 3.63) is 64.7 Å². The molecule has 0 saturated carbocycles. The predicted molar refractivity (Wildman–Crippen MR) is 121 cm³/mol. The Kier molecular flexibility index (Phi) is 7.54. The Morgan fingerprint density at radius 3 is 2.56 bits per heavy atom. The maximum Gasteiger partial charge on any atom is 0.251 e. The maximum absolute atomic E-state index is 12.4. The molecule has 3 aromatic rings. The monoisotopic (exact) mass is 474 g/mol. The first-order valence-electron chi connectivity index (χ1n) is 9.61. The molecule has 0 aliphatic carbocycles. The molecule has 0 spiro atoms. The van der Waals surface area contributed by atoms with Crippen molar-refractivity contribution in [2.75, 3.05) is 24.7 Å². The number of hydrogen-bond donors (Lipinski definition) is 2. The summed E-state index contributed by atoms with van der Waals surface area (Å²) < 4.78 is 29.8. The Labute approximate surface area is 189 Å². The van der Waals surface area contributed by atoms with Crippen LogP contribution >= 0.6 is 11.3 Å². The van der Waals surface area contributed by atoms with Crippen molar-refractivity contribution in [1.82, 2.24) is 15.5 Å². The standard InChI is InChI=1S/C21H22N4O5S2/c1-14-6-8-17(9-7-14)32(28,29)13-18(26)23-21-25-24-19(31-21)10-11-22-20(27)15-4-3-5-16(12-15)30-2/h3-9,12H,10-11,13H2,1-2H3,(H,22,27)(H,23,25,26). The number of benzene rings is 2. The van der Waals surface area contributed by atoms with Crippen molar-refractivity contribution in [3.63, 3.8) is 0 Å². The van der Waals surface area contributed by atoms with E-state index in [9.17, 15) is 18.0 Å². The lowest BCUT2D eigenvalue weighted by Gasteiger charge is -2.05. The molecule has 0 unspecified atom stereocenters. The Bertz CT molecular complexity index is 1210. The fourth-order valence-electron chi connectivity index (χ4n) is 2.71. The van der Waals surface area contributed by atoms with Crippen LogP contribution in [0.1, 0.15) is 20.9 Å². The van der Waals surface area contributed by atoms with Gasteiger partial charge in [-0.1, -0.05) is 35.1 Å². The van der Waals surface area contributed by atoms with Gasteiger partial charge in [-0.05, 0) is 37.3 Å². The molecule has 9 nitrogen and oxygen atoms in total. The van der Waals surface area contributed by atoms with Gasteiger partial charge in [0.1, 0.15) is 16.5 Å². The molecule has 0 radical (unpaired) electrons. The molecule has 1 heterocycles. The van der Waals surface area contributed by atoms with Crippen LogP contribution in [-0.4, -0.2) is 49.8 Å². The van der Waals surface area contributed by atoms with Gasteiger partial charge >= 0.3 is 0 Å². The number of nitrogens with zero attached hydrogens (tertiary/aromatic N) is 2. The van der Waals surface area contributed by atoms with Crippen molar-refractivity contribution >= 4 is 38.1 Å². The third-order valence-electron chi connectivity index (χ3n) is 4.37. The van der Waals surface area contributed by atoms with Crippen LogP contribution in [0.4, 0.5) is 5.13 Å². The summed E-state index contributed by atoms with van der Waals surface area (Å²) in [6, 6.07) is 13.1. The van der Waals surface area contributed by atoms with Crippen LogP contribution in [0.25, 0.3) is 0 Å². The predicted octanol–water partition coefficient (Wildman–Crippen LogP) is 2.24. The summed E-state index contributed by atoms with van der Waals surface area (Å²) in [7, 11) is -2.23. The summed E-state index contributed by atoms with van der Waals surface area (Å²) in [5.41, 5.74) is 1.40. The molecule has 0 bridgehead atoms. The second kappa shape index (κ2) is 10.3. The van der Waals surface area contributed by atoms with Gasteiger partial charge in [-0.2, -0.15) is 0 Å². The lowest BCUT2D eigenvalue weighted by atomic mass is 10.2. The van der Waals surface area contributed by atoms with Crippen LogP contribution in [0.3, 0.4) is 0 Å². The number of methoxy groups -OCH3 is 1. The average Bonchev–Trinajstić information content (AvgIpc) is 3.20. The van der Waals surface area contributed by atoms with Crippen LogP contribution in [-0.2, 0) is 21.1 Å². The number of carbonyl (C=O) groups excluding carboxylic acids is 2. The third kappa shape index (κ3) is 6.34. The molecule has 2 aromatic carbocycles. The third-order valence-corrected chi connectivity index (χ3v) is 6.90. The van der Waals surface area contributed by atoms with Crippen LogP contribution in [0.5, 0.6) is 5.75 Å². The molecule has 2 amide bonds. The topological polar surface area (TPSA) is 127 Å². The van der Waals surface area contributed by atoms with Crippen molar-refractivity contribution in [2.45, 2.75) is 18.2 Å². The van der Waals surface area contributed by atoms with Gasteiger partial charge in [0.2, 0.25) is 11.0 Å². The minimum atomic E-state index is -3.76. The number of anilines is 1. The summed E-state index contributed by atoms with van der Waals surface area (Å²) >= 11 is 1.12. The quantitative estimate of drug-likeness (QED) is 0.487. The summed E-state index contributed by atoms with van der Waals surface area (Å²) in [4.78, 5) is 24.5. The highest BCUT2D eigenvalue weighted by Crippen LogP contribution is 2.17. The van der Waals surface area contributed by atoms with Gasteiger partial charge < -0.3 is 10.1 Å². The molecule has 0 atom stereocenters. The molecule has 3 rings (SSSR count). The normalized spacial score (nSPS) is 11.1. The lowest BCUT2D eigenvalue weighted by Crippen LogP contribution is -2.25. The number of amides is 2. The van der Waals surface area contributed by atoms with Crippen LogP contribution in [0, 0.1) is 6.92 Å². The molecule has 0 fully saturated rings. The van der Waals surface area contributed by atoms with E-state index in [1.165, 1.54) is 19.2 Å². The summed E-state index contributed by atoms with van der Waals surface area (Å²) in [5, 5.41) is 13.9. The first-order valence-corrected chi connectivity index (χ1v) is 12.1. The Morgan fingerprint density at radius 1 is 1.09 bits per heavy atom. The molecule has 0 saturated heterocycles. The zero-order chi connectivity index (χ0) is 23.1. The smallest absolute Gasteiger partial charge is 0.251 e. The first kappa shape index (κ1) is 23.4. The van der Waals surface area contributed by atoms with E-state index in [2.05, 4.69) is 20.8 Å². The molecule has 168 valence electrons. The second-order valence-electron chi connectivity index (χ2n) is 6.86. The number of carbonyl (C=O) groups is 2. The van der Waals surface area contributed by atoms with Crippen LogP contribution in [0.15, 0.2) is 53.4 Å². The highest BCUT2D eigenvalue weighted by Gasteiger charge is 2.20. The van der Waals surface area contributed by atoms with Crippen LogP contribution < -0.4 is 15.4 Å². The van der Waals surface area contributed by atoms with E-state index in [0.29, 0.717) is 29.3 Å². The van der Waals surface area contributed by atoms with Gasteiger partial charge in [-0.25, -0.2) is 8.42 Å². The highest BCUT2D eigenvalue weighted by molar-refractivity contribution is 7.92. The zero-order valence-corrected chi connectivity index (χ0v) is 19.1. The highest BCUT2D eigenvalue weighted by atomic mass is 32.2. The number of rotatable bonds is 9. The van der Waals surface area contributed by atoms with Gasteiger partial charge in [0.05, 0.1) is 12.0 Å². The number of aromatic nitrogens is 2. The zero-order valence-electron chi connectivity index (χ0n) is 17.5. The lowest BCUT2D eigenvalue weighted by molar-refractivity contribution is -0.113. The van der Waals surface area contributed by atoms with Crippen LogP contribution in [0.2, 0.25) is 0 Å².